The third kappa shape index (κ3) is 3.03. The normalized spacial score (nSPS) is 10.9. The van der Waals surface area contributed by atoms with Crippen molar-refractivity contribution < 1.29 is 4.74 Å². The monoisotopic (exact) mass is 326 g/mol. The van der Waals surface area contributed by atoms with Gasteiger partial charge in [-0.1, -0.05) is 24.4 Å². The number of thiocarbonyl (C=S) groups is 1. The van der Waals surface area contributed by atoms with Crippen LogP contribution < -0.4 is 10.5 Å². The van der Waals surface area contributed by atoms with E-state index < -0.39 is 0 Å². The summed E-state index contributed by atoms with van der Waals surface area (Å²) >= 11 is 5.02. The Balaban J connectivity index is 2.21. The zero-order valence-corrected chi connectivity index (χ0v) is 13.9. The average molecular weight is 326 g/mol. The van der Waals surface area contributed by atoms with Crippen molar-refractivity contribution in [1.29, 1.82) is 0 Å². The molecule has 0 saturated carbocycles. The molecule has 0 aliphatic carbocycles. The third-order valence-corrected chi connectivity index (χ3v) is 3.86. The number of ether oxygens (including phenoxy) is 1. The number of imidazole rings is 1. The van der Waals surface area contributed by atoms with Gasteiger partial charge in [0.1, 0.15) is 17.1 Å². The van der Waals surface area contributed by atoms with E-state index in [4.69, 9.17) is 27.7 Å². The van der Waals surface area contributed by atoms with Crippen molar-refractivity contribution in [3.63, 3.8) is 0 Å². The Kier molecular flexibility index (Phi) is 4.25. The standard InChI is InChI=1S/C17H18N4OS/c1-11-9-13-17(19-10-11)21(8-7-15(18)23)16(20-13)12-5-3-4-6-14(12)22-2/h3-6,9-10H,7-8H2,1-2H3,(H2,18,23). The Morgan fingerprint density at radius 2 is 2.13 bits per heavy atom. The predicted molar refractivity (Wildman–Crippen MR) is 95.7 cm³/mol. The van der Waals surface area contributed by atoms with Crippen LogP contribution in [-0.4, -0.2) is 26.6 Å². The molecule has 5 nitrogen and oxygen atoms in total. The summed E-state index contributed by atoms with van der Waals surface area (Å²) in [6.45, 7) is 2.64. The van der Waals surface area contributed by atoms with Gasteiger partial charge in [0.05, 0.1) is 17.7 Å². The summed E-state index contributed by atoms with van der Waals surface area (Å²) < 4.78 is 7.52. The molecule has 3 aromatic rings. The fraction of sp³-hybridized carbons (Fsp3) is 0.235. The van der Waals surface area contributed by atoms with Crippen molar-refractivity contribution >= 4 is 28.4 Å². The number of pyridine rings is 1. The van der Waals surface area contributed by atoms with Gasteiger partial charge in [-0.2, -0.15) is 0 Å². The first-order chi connectivity index (χ1) is 11.1. The molecule has 23 heavy (non-hydrogen) atoms. The van der Waals surface area contributed by atoms with Gasteiger partial charge in [0.15, 0.2) is 5.65 Å². The van der Waals surface area contributed by atoms with Gasteiger partial charge in [-0.05, 0) is 30.7 Å². The Morgan fingerprint density at radius 1 is 1.35 bits per heavy atom. The number of para-hydroxylation sites is 1. The molecule has 0 saturated heterocycles. The van der Waals surface area contributed by atoms with E-state index in [2.05, 4.69) is 4.98 Å². The maximum absolute atomic E-state index is 5.67. The number of methoxy groups -OCH3 is 1. The number of nitrogens with two attached hydrogens (primary N) is 1. The quantitative estimate of drug-likeness (QED) is 0.730. The highest BCUT2D eigenvalue weighted by Crippen LogP contribution is 2.31. The van der Waals surface area contributed by atoms with Crippen LogP contribution in [0.5, 0.6) is 5.75 Å². The SMILES string of the molecule is COc1ccccc1-c1nc2cc(C)cnc2n1CCC(N)=S. The van der Waals surface area contributed by atoms with Crippen molar-refractivity contribution in [2.24, 2.45) is 5.73 Å². The van der Waals surface area contributed by atoms with Crippen LogP contribution in [0.1, 0.15) is 12.0 Å². The van der Waals surface area contributed by atoms with Gasteiger partial charge in [-0.15, -0.1) is 0 Å². The van der Waals surface area contributed by atoms with Gasteiger partial charge >= 0.3 is 0 Å². The molecule has 0 radical (unpaired) electrons. The minimum atomic E-state index is 0.477. The number of hydrogen-bond acceptors (Lipinski definition) is 4. The number of aromatic nitrogens is 3. The highest BCUT2D eigenvalue weighted by molar-refractivity contribution is 7.80. The Labute approximate surface area is 140 Å². The van der Waals surface area contributed by atoms with Crippen LogP contribution in [0.2, 0.25) is 0 Å². The van der Waals surface area contributed by atoms with Crippen molar-refractivity contribution in [2.45, 2.75) is 19.9 Å². The second-order valence-corrected chi connectivity index (χ2v) is 5.88. The summed E-state index contributed by atoms with van der Waals surface area (Å²) in [6.07, 6.45) is 2.44. The van der Waals surface area contributed by atoms with E-state index in [1.807, 2.05) is 48.0 Å². The molecule has 118 valence electrons. The van der Waals surface area contributed by atoms with Crippen LogP contribution >= 0.6 is 12.2 Å². The van der Waals surface area contributed by atoms with Crippen LogP contribution in [0.25, 0.3) is 22.6 Å². The number of aryl methyl sites for hydroxylation is 2. The lowest BCUT2D eigenvalue weighted by Gasteiger charge is -2.11. The molecule has 6 heteroatoms. The van der Waals surface area contributed by atoms with Crippen molar-refractivity contribution in [3.8, 4) is 17.1 Å². The van der Waals surface area contributed by atoms with E-state index in [0.717, 1.165) is 33.9 Å². The Morgan fingerprint density at radius 3 is 2.87 bits per heavy atom. The lowest BCUT2D eigenvalue weighted by Crippen LogP contribution is -2.12. The van der Waals surface area contributed by atoms with Gasteiger partial charge in [0.25, 0.3) is 0 Å². The van der Waals surface area contributed by atoms with E-state index in [-0.39, 0.29) is 0 Å². The topological polar surface area (TPSA) is 66.0 Å². The maximum Gasteiger partial charge on any atom is 0.160 e. The molecule has 1 aromatic carbocycles. The van der Waals surface area contributed by atoms with E-state index >= 15 is 0 Å². The summed E-state index contributed by atoms with van der Waals surface area (Å²) in [6, 6.07) is 9.84. The number of rotatable bonds is 5. The molecule has 0 atom stereocenters. The van der Waals surface area contributed by atoms with Crippen LogP contribution in [0.15, 0.2) is 36.5 Å². The summed E-state index contributed by atoms with van der Waals surface area (Å²) in [7, 11) is 1.66. The van der Waals surface area contributed by atoms with Gasteiger partial charge in [-0.3, -0.25) is 0 Å². The number of fused-ring (bicyclic) bond motifs is 1. The van der Waals surface area contributed by atoms with Crippen LogP contribution in [-0.2, 0) is 6.54 Å². The summed E-state index contributed by atoms with van der Waals surface area (Å²) in [5, 5.41) is 0. The summed E-state index contributed by atoms with van der Waals surface area (Å²) in [5.41, 5.74) is 9.35. The van der Waals surface area contributed by atoms with Crippen LogP contribution in [0.3, 0.4) is 0 Å². The fourth-order valence-electron chi connectivity index (χ4n) is 2.58. The highest BCUT2D eigenvalue weighted by Gasteiger charge is 2.17. The summed E-state index contributed by atoms with van der Waals surface area (Å²) in [5.74, 6) is 1.59. The molecule has 0 aliphatic heterocycles. The molecular formula is C17H18N4OS. The second kappa shape index (κ2) is 6.34. The minimum Gasteiger partial charge on any atom is -0.496 e. The predicted octanol–water partition coefficient (Wildman–Crippen LogP) is 3.09. The number of hydrogen-bond donors (Lipinski definition) is 1. The lowest BCUT2D eigenvalue weighted by atomic mass is 10.2. The molecule has 0 spiro atoms. The molecule has 2 N–H and O–H groups in total. The second-order valence-electron chi connectivity index (χ2n) is 5.36. The number of benzene rings is 1. The van der Waals surface area contributed by atoms with Crippen LogP contribution in [0.4, 0.5) is 0 Å². The Hall–Kier alpha value is -2.47. The molecule has 0 unspecified atom stereocenters. The minimum absolute atomic E-state index is 0.477. The molecule has 2 heterocycles. The molecule has 2 aromatic heterocycles. The van der Waals surface area contributed by atoms with Gasteiger partial charge in [0.2, 0.25) is 0 Å². The van der Waals surface area contributed by atoms with E-state index in [1.165, 1.54) is 0 Å². The van der Waals surface area contributed by atoms with Gasteiger partial charge in [0, 0.05) is 19.2 Å². The highest BCUT2D eigenvalue weighted by atomic mass is 32.1. The lowest BCUT2D eigenvalue weighted by molar-refractivity contribution is 0.416. The molecule has 0 bridgehead atoms. The summed E-state index contributed by atoms with van der Waals surface area (Å²) in [4.78, 5) is 9.78. The Bertz CT molecular complexity index is 872. The van der Waals surface area contributed by atoms with Crippen LogP contribution in [0, 0.1) is 6.92 Å². The van der Waals surface area contributed by atoms with Crippen molar-refractivity contribution in [2.75, 3.05) is 7.11 Å². The molecule has 3 rings (SSSR count). The maximum atomic E-state index is 5.67. The van der Waals surface area contributed by atoms with E-state index in [9.17, 15) is 0 Å². The van der Waals surface area contributed by atoms with Crippen molar-refractivity contribution in [3.05, 3.63) is 42.1 Å². The first kappa shape index (κ1) is 15.4. The smallest absolute Gasteiger partial charge is 0.160 e. The first-order valence-electron chi connectivity index (χ1n) is 7.34. The van der Waals surface area contributed by atoms with Gasteiger partial charge in [-0.25, -0.2) is 9.97 Å². The fourth-order valence-corrected chi connectivity index (χ4v) is 2.67. The molecular weight excluding hydrogens is 308 g/mol. The largest absolute Gasteiger partial charge is 0.496 e. The molecule has 0 aliphatic rings. The first-order valence-corrected chi connectivity index (χ1v) is 7.75. The molecule has 0 amide bonds. The zero-order chi connectivity index (χ0) is 16.4. The number of nitrogens with zero attached hydrogens (tertiary/aromatic N) is 3. The van der Waals surface area contributed by atoms with E-state index in [1.54, 1.807) is 7.11 Å². The average Bonchev–Trinajstić information content (AvgIpc) is 2.90. The van der Waals surface area contributed by atoms with Gasteiger partial charge < -0.3 is 15.0 Å². The van der Waals surface area contributed by atoms with E-state index in [0.29, 0.717) is 18.0 Å². The zero-order valence-electron chi connectivity index (χ0n) is 13.1. The third-order valence-electron chi connectivity index (χ3n) is 3.65. The molecule has 0 fully saturated rings. The van der Waals surface area contributed by atoms with Crippen molar-refractivity contribution in [1.82, 2.24) is 14.5 Å².